The number of hydrogen-bond donors (Lipinski definition) is 2. The average Bonchev–Trinajstić information content (AvgIpc) is 2.27. The minimum atomic E-state index is -4.47. The zero-order valence-electron chi connectivity index (χ0n) is 9.07. The number of pyridine rings is 2. The van der Waals surface area contributed by atoms with Crippen LogP contribution < -0.4 is 11.5 Å². The summed E-state index contributed by atoms with van der Waals surface area (Å²) in [5.41, 5.74) is 10.5. The lowest BCUT2D eigenvalue weighted by Crippen LogP contribution is -2.07. The summed E-state index contributed by atoms with van der Waals surface area (Å²) in [6.07, 6.45) is -3.08. The first-order valence-corrected chi connectivity index (χ1v) is 4.93. The highest BCUT2D eigenvalue weighted by molar-refractivity contribution is 5.64. The van der Waals surface area contributed by atoms with Crippen LogP contribution in [0.3, 0.4) is 0 Å². The third kappa shape index (κ3) is 2.50. The summed E-state index contributed by atoms with van der Waals surface area (Å²) < 4.78 is 37.9. The van der Waals surface area contributed by atoms with Gasteiger partial charge < -0.3 is 11.5 Å². The van der Waals surface area contributed by atoms with Crippen molar-refractivity contribution < 1.29 is 13.2 Å². The van der Waals surface area contributed by atoms with Gasteiger partial charge in [-0.1, -0.05) is 0 Å². The smallest absolute Gasteiger partial charge is 0.384 e. The molecule has 0 aliphatic heterocycles. The van der Waals surface area contributed by atoms with E-state index in [9.17, 15) is 13.2 Å². The Kier molecular flexibility index (Phi) is 2.82. The van der Waals surface area contributed by atoms with Crippen LogP contribution in [0.4, 0.5) is 24.8 Å². The summed E-state index contributed by atoms with van der Waals surface area (Å²) in [5.74, 6) is 0.000455. The quantitative estimate of drug-likeness (QED) is 0.818. The predicted molar refractivity (Wildman–Crippen MR) is 61.3 cm³/mol. The van der Waals surface area contributed by atoms with Crippen LogP contribution in [0, 0.1) is 0 Å². The molecular weight excluding hydrogens is 245 g/mol. The third-order valence-corrected chi connectivity index (χ3v) is 2.25. The number of aromatic nitrogens is 2. The topological polar surface area (TPSA) is 77.8 Å². The Balaban J connectivity index is 2.55. The first kappa shape index (κ1) is 12.2. The highest BCUT2D eigenvalue weighted by atomic mass is 19.4. The van der Waals surface area contributed by atoms with Crippen molar-refractivity contribution in [2.75, 3.05) is 11.5 Å². The van der Waals surface area contributed by atoms with Gasteiger partial charge in [0.1, 0.15) is 11.6 Å². The fourth-order valence-corrected chi connectivity index (χ4v) is 1.47. The Bertz CT molecular complexity index is 581. The maximum atomic E-state index is 12.6. The second kappa shape index (κ2) is 4.17. The van der Waals surface area contributed by atoms with Gasteiger partial charge in [-0.15, -0.1) is 0 Å². The molecule has 0 saturated carbocycles. The van der Waals surface area contributed by atoms with E-state index in [0.29, 0.717) is 5.56 Å². The van der Waals surface area contributed by atoms with Gasteiger partial charge in [0.2, 0.25) is 0 Å². The standard InChI is InChI=1S/C11H9F3N4/c12-11(13,14)7-4-8(18-10(16)5-7)6-1-2-17-9(15)3-6/h1-5H,(H2,15,17)(H2,16,18). The molecule has 0 spiro atoms. The second-order valence-corrected chi connectivity index (χ2v) is 3.63. The molecule has 7 heteroatoms. The number of hydrogen-bond acceptors (Lipinski definition) is 4. The highest BCUT2D eigenvalue weighted by Gasteiger charge is 2.31. The summed E-state index contributed by atoms with van der Waals surface area (Å²) in [5, 5.41) is 0. The number of nitrogens with two attached hydrogens (primary N) is 2. The molecule has 0 bridgehead atoms. The number of alkyl halides is 3. The van der Waals surface area contributed by atoms with E-state index in [1.165, 1.54) is 18.3 Å². The summed E-state index contributed by atoms with van der Waals surface area (Å²) in [4.78, 5) is 7.61. The van der Waals surface area contributed by atoms with Crippen molar-refractivity contribution >= 4 is 11.6 Å². The molecule has 4 N–H and O–H groups in total. The summed E-state index contributed by atoms with van der Waals surface area (Å²) >= 11 is 0. The van der Waals surface area contributed by atoms with Gasteiger partial charge in [0.05, 0.1) is 11.3 Å². The van der Waals surface area contributed by atoms with Gasteiger partial charge in [0.25, 0.3) is 0 Å². The number of halogens is 3. The van der Waals surface area contributed by atoms with E-state index in [1.807, 2.05) is 0 Å². The van der Waals surface area contributed by atoms with Gasteiger partial charge in [-0.3, -0.25) is 0 Å². The molecule has 0 unspecified atom stereocenters. The van der Waals surface area contributed by atoms with Crippen molar-refractivity contribution in [1.29, 1.82) is 0 Å². The van der Waals surface area contributed by atoms with Crippen LogP contribution in [-0.4, -0.2) is 9.97 Å². The maximum absolute atomic E-state index is 12.6. The molecular formula is C11H9F3N4. The van der Waals surface area contributed by atoms with Gasteiger partial charge >= 0.3 is 6.18 Å². The molecule has 94 valence electrons. The third-order valence-electron chi connectivity index (χ3n) is 2.25. The predicted octanol–water partition coefficient (Wildman–Crippen LogP) is 2.33. The first-order valence-electron chi connectivity index (χ1n) is 4.93. The number of anilines is 2. The van der Waals surface area contributed by atoms with Crippen LogP contribution in [0.25, 0.3) is 11.3 Å². The van der Waals surface area contributed by atoms with E-state index >= 15 is 0 Å². The van der Waals surface area contributed by atoms with Crippen molar-refractivity contribution in [3.8, 4) is 11.3 Å². The lowest BCUT2D eigenvalue weighted by molar-refractivity contribution is -0.137. The summed E-state index contributed by atoms with van der Waals surface area (Å²) in [6.45, 7) is 0. The molecule has 18 heavy (non-hydrogen) atoms. The molecule has 0 aliphatic rings. The number of nitrogen functional groups attached to an aromatic ring is 2. The zero-order chi connectivity index (χ0) is 13.3. The van der Waals surface area contributed by atoms with Crippen LogP contribution in [0.2, 0.25) is 0 Å². The van der Waals surface area contributed by atoms with E-state index < -0.39 is 11.7 Å². The molecule has 0 saturated heterocycles. The van der Waals surface area contributed by atoms with Crippen molar-refractivity contribution in [1.82, 2.24) is 9.97 Å². The minimum absolute atomic E-state index is 0.108. The average molecular weight is 254 g/mol. The summed E-state index contributed by atoms with van der Waals surface area (Å²) in [6, 6.07) is 4.65. The number of nitrogens with zero attached hydrogens (tertiary/aromatic N) is 2. The van der Waals surface area contributed by atoms with Crippen molar-refractivity contribution in [3.63, 3.8) is 0 Å². The van der Waals surface area contributed by atoms with E-state index in [1.54, 1.807) is 0 Å². The molecule has 4 nitrogen and oxygen atoms in total. The molecule has 0 amide bonds. The normalized spacial score (nSPS) is 11.5. The van der Waals surface area contributed by atoms with E-state index in [0.717, 1.165) is 12.1 Å². The van der Waals surface area contributed by atoms with Gasteiger partial charge in [0.15, 0.2) is 0 Å². The monoisotopic (exact) mass is 254 g/mol. The fourth-order valence-electron chi connectivity index (χ4n) is 1.47. The zero-order valence-corrected chi connectivity index (χ0v) is 9.07. The van der Waals surface area contributed by atoms with Crippen molar-refractivity contribution in [3.05, 3.63) is 36.0 Å². The molecule has 2 rings (SSSR count). The van der Waals surface area contributed by atoms with Crippen LogP contribution in [0.5, 0.6) is 0 Å². The molecule has 2 aromatic heterocycles. The maximum Gasteiger partial charge on any atom is 0.416 e. The minimum Gasteiger partial charge on any atom is -0.384 e. The van der Waals surface area contributed by atoms with Crippen molar-refractivity contribution in [2.24, 2.45) is 0 Å². The van der Waals surface area contributed by atoms with Gasteiger partial charge in [-0.25, -0.2) is 9.97 Å². The largest absolute Gasteiger partial charge is 0.416 e. The second-order valence-electron chi connectivity index (χ2n) is 3.63. The Hall–Kier alpha value is -2.31. The van der Waals surface area contributed by atoms with Crippen LogP contribution in [-0.2, 0) is 6.18 Å². The Morgan fingerprint density at radius 1 is 1.00 bits per heavy atom. The molecule has 2 aromatic rings. The van der Waals surface area contributed by atoms with E-state index in [4.69, 9.17) is 11.5 Å². The number of rotatable bonds is 1. The summed E-state index contributed by atoms with van der Waals surface area (Å²) in [7, 11) is 0. The van der Waals surface area contributed by atoms with Crippen molar-refractivity contribution in [2.45, 2.75) is 6.18 Å². The van der Waals surface area contributed by atoms with Gasteiger partial charge in [0, 0.05) is 11.8 Å². The fraction of sp³-hybridized carbons (Fsp3) is 0.0909. The van der Waals surface area contributed by atoms with Crippen LogP contribution in [0.15, 0.2) is 30.5 Å². The molecule has 0 radical (unpaired) electrons. The van der Waals surface area contributed by atoms with Crippen LogP contribution in [0.1, 0.15) is 5.56 Å². The van der Waals surface area contributed by atoms with Gasteiger partial charge in [-0.2, -0.15) is 13.2 Å². The highest BCUT2D eigenvalue weighted by Crippen LogP contribution is 2.32. The molecule has 0 aromatic carbocycles. The SMILES string of the molecule is Nc1cc(-c2cc(C(F)(F)F)cc(N)n2)ccn1. The first-order chi connectivity index (χ1) is 8.36. The van der Waals surface area contributed by atoms with E-state index in [2.05, 4.69) is 9.97 Å². The molecule has 0 atom stereocenters. The lowest BCUT2D eigenvalue weighted by atomic mass is 10.1. The molecule has 2 heterocycles. The Labute approximate surface area is 100 Å². The van der Waals surface area contributed by atoms with Crippen LogP contribution >= 0.6 is 0 Å². The molecule has 0 fully saturated rings. The van der Waals surface area contributed by atoms with E-state index in [-0.39, 0.29) is 17.3 Å². The van der Waals surface area contributed by atoms with Gasteiger partial charge in [-0.05, 0) is 24.3 Å². The Morgan fingerprint density at radius 3 is 2.33 bits per heavy atom. The molecule has 0 aliphatic carbocycles. The Morgan fingerprint density at radius 2 is 1.72 bits per heavy atom. The lowest BCUT2D eigenvalue weighted by Gasteiger charge is -2.10.